The van der Waals surface area contributed by atoms with Gasteiger partial charge in [0.1, 0.15) is 5.82 Å². The van der Waals surface area contributed by atoms with Gasteiger partial charge in [-0.2, -0.15) is 0 Å². The summed E-state index contributed by atoms with van der Waals surface area (Å²) in [4.78, 5) is 10.8. The van der Waals surface area contributed by atoms with Gasteiger partial charge in [0.25, 0.3) is 0 Å². The summed E-state index contributed by atoms with van der Waals surface area (Å²) in [7, 11) is 5.79. The van der Waals surface area contributed by atoms with Gasteiger partial charge in [-0.1, -0.05) is 32.3 Å². The van der Waals surface area contributed by atoms with Crippen LogP contribution in [0.2, 0.25) is 0 Å². The van der Waals surface area contributed by atoms with E-state index in [4.69, 9.17) is 0 Å². The molecule has 1 heterocycles. The zero-order valence-corrected chi connectivity index (χ0v) is 16.6. The predicted molar refractivity (Wildman–Crippen MR) is 106 cm³/mol. The summed E-state index contributed by atoms with van der Waals surface area (Å²) >= 11 is 0. The van der Waals surface area contributed by atoms with Gasteiger partial charge in [0.05, 0.1) is 12.2 Å². The molecule has 0 aliphatic carbocycles. The molecule has 0 spiro atoms. The zero-order valence-electron chi connectivity index (χ0n) is 14.2. The van der Waals surface area contributed by atoms with Crippen LogP contribution in [0, 0.1) is 0 Å². The van der Waals surface area contributed by atoms with Crippen molar-refractivity contribution in [3.63, 3.8) is 0 Å². The van der Waals surface area contributed by atoms with E-state index in [1.807, 2.05) is 37.2 Å². The van der Waals surface area contributed by atoms with Crippen LogP contribution >= 0.6 is 24.0 Å². The summed E-state index contributed by atoms with van der Waals surface area (Å²) in [5, 5.41) is 6.64. The van der Waals surface area contributed by atoms with Crippen LogP contribution in [-0.2, 0) is 6.54 Å². The van der Waals surface area contributed by atoms with Gasteiger partial charge in [-0.05, 0) is 18.6 Å². The fourth-order valence-electron chi connectivity index (χ4n) is 1.97. The van der Waals surface area contributed by atoms with E-state index in [1.165, 1.54) is 25.7 Å². The molecule has 1 aromatic heterocycles. The van der Waals surface area contributed by atoms with Gasteiger partial charge in [-0.3, -0.25) is 4.99 Å². The van der Waals surface area contributed by atoms with Crippen molar-refractivity contribution < 1.29 is 0 Å². The van der Waals surface area contributed by atoms with Gasteiger partial charge in [-0.25, -0.2) is 4.98 Å². The second-order valence-corrected chi connectivity index (χ2v) is 5.29. The molecule has 2 N–H and O–H groups in total. The summed E-state index contributed by atoms with van der Waals surface area (Å²) in [6.07, 6.45) is 5.02. The fraction of sp³-hybridized carbons (Fsp3) is 0.625. The average Bonchev–Trinajstić information content (AvgIpc) is 2.50. The van der Waals surface area contributed by atoms with Crippen LogP contribution in [0.3, 0.4) is 0 Å². The molecule has 0 atom stereocenters. The molecule has 1 rings (SSSR count). The topological polar surface area (TPSA) is 52.6 Å². The van der Waals surface area contributed by atoms with E-state index >= 15 is 0 Å². The fourth-order valence-corrected chi connectivity index (χ4v) is 1.97. The van der Waals surface area contributed by atoms with Crippen molar-refractivity contribution in [2.24, 2.45) is 4.99 Å². The highest BCUT2D eigenvalue weighted by Gasteiger charge is 2.01. The lowest BCUT2D eigenvalue weighted by atomic mass is 10.2. The molecule has 0 radical (unpaired) electrons. The number of anilines is 1. The molecule has 0 saturated carbocycles. The molecule has 0 aliphatic heterocycles. The number of guanidine groups is 1. The maximum Gasteiger partial charge on any atom is 0.191 e. The molecule has 5 nitrogen and oxygen atoms in total. The van der Waals surface area contributed by atoms with Crippen molar-refractivity contribution in [3.8, 4) is 0 Å². The second kappa shape index (κ2) is 12.5. The van der Waals surface area contributed by atoms with Gasteiger partial charge in [-0.15, -0.1) is 24.0 Å². The molecule has 0 fully saturated rings. The van der Waals surface area contributed by atoms with Crippen molar-refractivity contribution in [3.05, 3.63) is 23.9 Å². The van der Waals surface area contributed by atoms with E-state index in [1.54, 1.807) is 7.05 Å². The first-order chi connectivity index (χ1) is 10.2. The van der Waals surface area contributed by atoms with E-state index < -0.39 is 0 Å². The highest BCUT2D eigenvalue weighted by Crippen LogP contribution is 2.07. The standard InChI is InChI=1S/C16H29N5.HI/c1-5-6-7-8-12-18-16(17-2)19-13-14-10-9-11-15(20-14)21(3)4;/h9-11H,5-8,12-13H2,1-4H3,(H2,17,18,19);1H. The minimum atomic E-state index is 0. The van der Waals surface area contributed by atoms with Gasteiger partial charge < -0.3 is 15.5 Å². The van der Waals surface area contributed by atoms with Crippen LogP contribution in [0.4, 0.5) is 5.82 Å². The number of rotatable bonds is 8. The molecular formula is C16H30IN5. The molecule has 0 amide bonds. The van der Waals surface area contributed by atoms with Crippen LogP contribution in [0.1, 0.15) is 38.3 Å². The Morgan fingerprint density at radius 1 is 1.18 bits per heavy atom. The first-order valence-corrected chi connectivity index (χ1v) is 7.75. The van der Waals surface area contributed by atoms with Crippen molar-refractivity contribution in [1.82, 2.24) is 15.6 Å². The Bertz CT molecular complexity index is 434. The molecule has 0 aliphatic rings. The summed E-state index contributed by atoms with van der Waals surface area (Å²) < 4.78 is 0. The van der Waals surface area contributed by atoms with Crippen LogP contribution in [0.5, 0.6) is 0 Å². The number of hydrogen-bond donors (Lipinski definition) is 2. The normalized spacial score (nSPS) is 10.8. The van der Waals surface area contributed by atoms with Crippen LogP contribution in [0.25, 0.3) is 0 Å². The Morgan fingerprint density at radius 3 is 2.59 bits per heavy atom. The van der Waals surface area contributed by atoms with Gasteiger partial charge in [0.15, 0.2) is 5.96 Å². The number of nitrogens with zero attached hydrogens (tertiary/aromatic N) is 3. The summed E-state index contributed by atoms with van der Waals surface area (Å²) in [6, 6.07) is 6.05. The Balaban J connectivity index is 0.00000441. The number of unbranched alkanes of at least 4 members (excludes halogenated alkanes) is 3. The minimum absolute atomic E-state index is 0. The smallest absolute Gasteiger partial charge is 0.191 e. The molecule has 0 aromatic carbocycles. The molecule has 6 heteroatoms. The predicted octanol–water partition coefficient (Wildman–Crippen LogP) is 3.01. The lowest BCUT2D eigenvalue weighted by Crippen LogP contribution is -2.37. The third-order valence-electron chi connectivity index (χ3n) is 3.23. The average molecular weight is 419 g/mol. The highest BCUT2D eigenvalue weighted by atomic mass is 127. The van der Waals surface area contributed by atoms with Crippen molar-refractivity contribution in [2.45, 2.75) is 39.2 Å². The Kier molecular flexibility index (Phi) is 11.9. The molecule has 1 aromatic rings. The molecular weight excluding hydrogens is 389 g/mol. The highest BCUT2D eigenvalue weighted by molar-refractivity contribution is 14.0. The summed E-state index contributed by atoms with van der Waals surface area (Å²) in [5.74, 6) is 1.81. The van der Waals surface area contributed by atoms with Crippen molar-refractivity contribution in [2.75, 3.05) is 32.6 Å². The van der Waals surface area contributed by atoms with Gasteiger partial charge >= 0.3 is 0 Å². The molecule has 0 saturated heterocycles. The number of pyridine rings is 1. The second-order valence-electron chi connectivity index (χ2n) is 5.29. The maximum atomic E-state index is 4.58. The Labute approximate surface area is 152 Å². The summed E-state index contributed by atoms with van der Waals surface area (Å²) in [5.41, 5.74) is 1.01. The lowest BCUT2D eigenvalue weighted by molar-refractivity contribution is 0.646. The van der Waals surface area contributed by atoms with E-state index in [-0.39, 0.29) is 24.0 Å². The van der Waals surface area contributed by atoms with Gasteiger partial charge in [0, 0.05) is 27.7 Å². The van der Waals surface area contributed by atoms with Crippen LogP contribution in [0.15, 0.2) is 23.2 Å². The first kappa shape index (κ1) is 20.9. The third-order valence-corrected chi connectivity index (χ3v) is 3.23. The zero-order chi connectivity index (χ0) is 15.5. The molecule has 0 bridgehead atoms. The third kappa shape index (κ3) is 8.41. The number of halogens is 1. The summed E-state index contributed by atoms with van der Waals surface area (Å²) in [6.45, 7) is 3.86. The monoisotopic (exact) mass is 419 g/mol. The van der Waals surface area contributed by atoms with Crippen LogP contribution in [-0.4, -0.2) is 38.6 Å². The SMILES string of the molecule is CCCCCCNC(=NC)NCc1cccc(N(C)C)n1.I. The van der Waals surface area contributed by atoms with E-state index in [0.717, 1.165) is 24.0 Å². The maximum absolute atomic E-state index is 4.58. The quantitative estimate of drug-likeness (QED) is 0.295. The van der Waals surface area contributed by atoms with E-state index in [9.17, 15) is 0 Å². The largest absolute Gasteiger partial charge is 0.363 e. The Morgan fingerprint density at radius 2 is 1.95 bits per heavy atom. The number of aliphatic imine (C=N–C) groups is 1. The number of aromatic nitrogens is 1. The number of nitrogens with one attached hydrogen (secondary N) is 2. The van der Waals surface area contributed by atoms with E-state index in [2.05, 4.69) is 27.5 Å². The molecule has 0 unspecified atom stereocenters. The molecule has 126 valence electrons. The lowest BCUT2D eigenvalue weighted by Gasteiger charge is -2.14. The number of hydrogen-bond acceptors (Lipinski definition) is 3. The van der Waals surface area contributed by atoms with Crippen molar-refractivity contribution >= 4 is 35.8 Å². The Hall–Kier alpha value is -1.05. The van der Waals surface area contributed by atoms with Gasteiger partial charge in [0.2, 0.25) is 0 Å². The van der Waals surface area contributed by atoms with E-state index in [0.29, 0.717) is 6.54 Å². The first-order valence-electron chi connectivity index (χ1n) is 7.75. The molecule has 22 heavy (non-hydrogen) atoms. The van der Waals surface area contributed by atoms with Crippen LogP contribution < -0.4 is 15.5 Å². The minimum Gasteiger partial charge on any atom is -0.363 e. The van der Waals surface area contributed by atoms with Crippen molar-refractivity contribution in [1.29, 1.82) is 0 Å².